The number of hydrogen-bond donors (Lipinski definition) is 2. The second kappa shape index (κ2) is 16.2. The lowest BCUT2D eigenvalue weighted by molar-refractivity contribution is -0.348. The molecule has 42 heavy (non-hydrogen) atoms. The van der Waals surface area contributed by atoms with Crippen molar-refractivity contribution in [3.63, 3.8) is 0 Å². The van der Waals surface area contributed by atoms with Crippen molar-refractivity contribution in [3.8, 4) is 0 Å². The van der Waals surface area contributed by atoms with Gasteiger partial charge in [0.25, 0.3) is 0 Å². The summed E-state index contributed by atoms with van der Waals surface area (Å²) < 4.78 is 41.9. The Kier molecular flexibility index (Phi) is 13.7. The minimum absolute atomic E-state index is 0.0162. The molecule has 3 heterocycles. The minimum atomic E-state index is -1.92. The molecular formula is C31H49BrO10. The Morgan fingerprint density at radius 1 is 1.02 bits per heavy atom. The predicted octanol–water partition coefficient (Wildman–Crippen LogP) is 4.02. The van der Waals surface area contributed by atoms with Gasteiger partial charge in [0, 0.05) is 40.1 Å². The van der Waals surface area contributed by atoms with Gasteiger partial charge in [-0.05, 0) is 43.7 Å². The van der Waals surface area contributed by atoms with Crippen LogP contribution in [0.25, 0.3) is 0 Å². The smallest absolute Gasteiger partial charge is 0.314 e. The van der Waals surface area contributed by atoms with Crippen LogP contribution in [0.2, 0.25) is 0 Å². The van der Waals surface area contributed by atoms with E-state index < -0.39 is 66.5 Å². The highest BCUT2D eigenvalue weighted by atomic mass is 79.9. The van der Waals surface area contributed by atoms with Crippen LogP contribution in [0, 0.1) is 17.8 Å². The van der Waals surface area contributed by atoms with Crippen LogP contribution in [-0.4, -0.2) is 98.4 Å². The summed E-state index contributed by atoms with van der Waals surface area (Å²) in [5.41, 5.74) is 0. The maximum absolute atomic E-state index is 13.5. The predicted molar refractivity (Wildman–Crippen MR) is 160 cm³/mol. The zero-order valence-corrected chi connectivity index (χ0v) is 27.3. The fourth-order valence-electron chi connectivity index (χ4n) is 6.02. The third kappa shape index (κ3) is 8.73. The highest BCUT2D eigenvalue weighted by Crippen LogP contribution is 2.40. The first-order chi connectivity index (χ1) is 20.0. The Morgan fingerprint density at radius 3 is 2.36 bits per heavy atom. The normalized spacial score (nSPS) is 44.3. The molecule has 0 aromatic carbocycles. The number of halogens is 1. The molecule has 0 saturated carbocycles. The Labute approximate surface area is 258 Å². The summed E-state index contributed by atoms with van der Waals surface area (Å²) in [7, 11) is 4.72. The van der Waals surface area contributed by atoms with E-state index in [0.29, 0.717) is 19.3 Å². The Hall–Kier alpha value is -1.15. The molecule has 3 aliphatic rings. The number of ether oxygens (including phenoxy) is 7. The lowest BCUT2D eigenvalue weighted by Gasteiger charge is -2.48. The monoisotopic (exact) mass is 660 g/mol. The van der Waals surface area contributed by atoms with Gasteiger partial charge in [-0.15, -0.1) is 0 Å². The first kappa shape index (κ1) is 35.3. The number of rotatable bonds is 7. The van der Waals surface area contributed by atoms with Gasteiger partial charge in [0.15, 0.2) is 12.1 Å². The molecule has 0 unspecified atom stereocenters. The Bertz CT molecular complexity index is 943. The first-order valence-electron chi connectivity index (χ1n) is 14.8. The first-order valence-corrected chi connectivity index (χ1v) is 15.7. The van der Waals surface area contributed by atoms with Gasteiger partial charge in [-0.2, -0.15) is 0 Å². The SMILES string of the molecule is CO[C@@H]1[C@@H](OC)[C@H](C)O[C@@H](O[C@@H]2C[C@H]3O[C@@](O)(C2)[C@@H](C)C(=O)O[C@@H](C=CC=CBr)C[C@@H](C)CC=C[C@H](O)[C@@H]3C)[C@@H]1OC. The molecule has 0 aromatic heterocycles. The topological polar surface area (TPSA) is 122 Å². The van der Waals surface area contributed by atoms with E-state index in [9.17, 15) is 15.0 Å². The lowest BCUT2D eigenvalue weighted by Crippen LogP contribution is -2.61. The van der Waals surface area contributed by atoms with E-state index in [2.05, 4.69) is 22.9 Å². The van der Waals surface area contributed by atoms with Crippen LogP contribution in [0.5, 0.6) is 0 Å². The van der Waals surface area contributed by atoms with Crippen LogP contribution < -0.4 is 0 Å². The molecule has 2 saturated heterocycles. The molecule has 0 radical (unpaired) electrons. The van der Waals surface area contributed by atoms with Gasteiger partial charge in [0.1, 0.15) is 30.3 Å². The van der Waals surface area contributed by atoms with E-state index in [-0.39, 0.29) is 24.5 Å². The fraction of sp³-hybridized carbons (Fsp3) is 0.774. The Morgan fingerprint density at radius 2 is 1.71 bits per heavy atom. The van der Waals surface area contributed by atoms with Crippen molar-refractivity contribution in [1.82, 2.24) is 0 Å². The highest BCUT2D eigenvalue weighted by molar-refractivity contribution is 9.11. The van der Waals surface area contributed by atoms with E-state index in [0.717, 1.165) is 0 Å². The molecule has 3 aliphatic heterocycles. The van der Waals surface area contributed by atoms with Crippen molar-refractivity contribution >= 4 is 21.9 Å². The summed E-state index contributed by atoms with van der Waals surface area (Å²) in [6.07, 6.45) is 5.56. The molecule has 0 spiro atoms. The van der Waals surface area contributed by atoms with Gasteiger partial charge in [0.05, 0.1) is 24.4 Å². The van der Waals surface area contributed by atoms with E-state index >= 15 is 0 Å². The fourth-order valence-corrected chi connectivity index (χ4v) is 6.19. The number of carbonyl (C=O) groups is 1. The molecule has 10 nitrogen and oxygen atoms in total. The summed E-state index contributed by atoms with van der Waals surface area (Å²) in [6, 6.07) is 0. The number of aliphatic hydroxyl groups excluding tert-OH is 1. The van der Waals surface area contributed by atoms with E-state index in [1.807, 2.05) is 26.0 Å². The average Bonchev–Trinajstić information content (AvgIpc) is 2.95. The summed E-state index contributed by atoms with van der Waals surface area (Å²) >= 11 is 3.24. The van der Waals surface area contributed by atoms with Gasteiger partial charge in [-0.25, -0.2) is 0 Å². The standard InChI is InChI=1S/C31H49BrO10/c1-18-11-10-13-24(33)19(2)25-16-23(41-30-28(38-7)27(37-6)26(36-5)21(4)39-30)17-31(35,42-25)20(3)29(34)40-22(15-18)12-8-9-14-32/h8-10,12-14,18-28,30,33,35H,11,15-17H2,1-7H3/t18-,19-,20-,21-,22-,23+,24-,25+,26-,27+,28+,30-,31-/m0/s1. The van der Waals surface area contributed by atoms with E-state index in [4.69, 9.17) is 33.2 Å². The van der Waals surface area contributed by atoms with Crippen molar-refractivity contribution in [2.75, 3.05) is 21.3 Å². The second-order valence-electron chi connectivity index (χ2n) is 11.8. The minimum Gasteiger partial charge on any atom is -0.458 e. The summed E-state index contributed by atoms with van der Waals surface area (Å²) in [5.74, 6) is -3.75. The molecule has 0 amide bonds. The lowest BCUT2D eigenvalue weighted by atomic mass is 9.84. The van der Waals surface area contributed by atoms with Crippen molar-refractivity contribution in [2.45, 2.75) is 114 Å². The highest BCUT2D eigenvalue weighted by Gasteiger charge is 2.52. The molecule has 0 aromatic rings. The third-order valence-electron chi connectivity index (χ3n) is 8.68. The van der Waals surface area contributed by atoms with E-state index in [1.54, 1.807) is 51.5 Å². The molecule has 0 aliphatic carbocycles. The van der Waals surface area contributed by atoms with Gasteiger partial charge in [0.2, 0.25) is 0 Å². The number of cyclic esters (lactones) is 1. The number of carbonyl (C=O) groups excluding carboxylic acids is 1. The molecule has 3 rings (SSSR count). The molecule has 2 fully saturated rings. The van der Waals surface area contributed by atoms with Crippen LogP contribution in [0.15, 0.2) is 35.4 Å². The van der Waals surface area contributed by atoms with Crippen LogP contribution in [0.4, 0.5) is 0 Å². The molecule has 11 heteroatoms. The van der Waals surface area contributed by atoms with Crippen LogP contribution in [0.3, 0.4) is 0 Å². The maximum Gasteiger partial charge on any atom is 0.314 e. The number of aliphatic hydroxyl groups is 2. The van der Waals surface area contributed by atoms with Gasteiger partial charge in [-0.1, -0.05) is 54.1 Å². The number of hydrogen-bond acceptors (Lipinski definition) is 10. The molecule has 2 bridgehead atoms. The second-order valence-corrected chi connectivity index (χ2v) is 12.3. The summed E-state index contributed by atoms with van der Waals surface area (Å²) in [5, 5.41) is 23.0. The number of allylic oxidation sites excluding steroid dienone is 3. The molecule has 240 valence electrons. The zero-order valence-electron chi connectivity index (χ0n) is 25.8. The van der Waals surface area contributed by atoms with Crippen LogP contribution in [-0.2, 0) is 38.0 Å². The number of fused-ring (bicyclic) bond motifs is 2. The maximum atomic E-state index is 13.5. The van der Waals surface area contributed by atoms with Crippen molar-refractivity contribution < 1.29 is 48.2 Å². The summed E-state index contributed by atoms with van der Waals surface area (Å²) in [6.45, 7) is 7.40. The van der Waals surface area contributed by atoms with Crippen molar-refractivity contribution in [1.29, 1.82) is 0 Å². The molecule has 2 N–H and O–H groups in total. The van der Waals surface area contributed by atoms with Crippen LogP contribution in [0.1, 0.15) is 53.4 Å². The van der Waals surface area contributed by atoms with Crippen molar-refractivity contribution in [2.24, 2.45) is 17.8 Å². The van der Waals surface area contributed by atoms with Gasteiger partial charge in [-0.3, -0.25) is 4.79 Å². The van der Waals surface area contributed by atoms with E-state index in [1.165, 1.54) is 0 Å². The third-order valence-corrected chi connectivity index (χ3v) is 8.99. The number of esters is 1. The summed E-state index contributed by atoms with van der Waals surface area (Å²) in [4.78, 5) is 15.2. The number of methoxy groups -OCH3 is 3. The van der Waals surface area contributed by atoms with Gasteiger partial charge >= 0.3 is 5.97 Å². The zero-order chi connectivity index (χ0) is 31.0. The average molecular weight is 662 g/mol. The van der Waals surface area contributed by atoms with Crippen molar-refractivity contribution in [3.05, 3.63) is 35.4 Å². The molecular weight excluding hydrogens is 612 g/mol. The van der Waals surface area contributed by atoms with Gasteiger partial charge < -0.3 is 43.4 Å². The largest absolute Gasteiger partial charge is 0.458 e. The quantitative estimate of drug-likeness (QED) is 0.235. The van der Waals surface area contributed by atoms with Crippen LogP contribution >= 0.6 is 15.9 Å². The Balaban J connectivity index is 1.92. The molecule has 13 atom stereocenters.